The number of pyridine rings is 1. The average Bonchev–Trinajstić information content (AvgIpc) is 2.40. The molecule has 0 atom stereocenters. The molecule has 0 radical (unpaired) electrons. The van der Waals surface area contributed by atoms with E-state index in [0.717, 1.165) is 6.07 Å². The summed E-state index contributed by atoms with van der Waals surface area (Å²) in [4.78, 5) is 15.2. The maximum Gasteiger partial charge on any atom is 0.416 e. The first-order chi connectivity index (χ1) is 9.80. The summed E-state index contributed by atoms with van der Waals surface area (Å²) in [5, 5.41) is 2.72. The second-order valence-corrected chi connectivity index (χ2v) is 4.36. The highest BCUT2D eigenvalue weighted by Crippen LogP contribution is 2.35. The van der Waals surface area contributed by atoms with Crippen molar-refractivity contribution in [1.82, 2.24) is 4.98 Å². The number of aromatic nitrogens is 1. The highest BCUT2D eigenvalue weighted by Gasteiger charge is 2.33. The minimum absolute atomic E-state index is 0.0195. The van der Waals surface area contributed by atoms with E-state index in [1.165, 1.54) is 37.4 Å². The number of nitrogens with zero attached hydrogens (tertiary/aromatic N) is 1. The van der Waals surface area contributed by atoms with Gasteiger partial charge in [0, 0.05) is 11.9 Å². The summed E-state index contributed by atoms with van der Waals surface area (Å²) >= 11 is 0. The second kappa shape index (κ2) is 5.43. The second-order valence-electron chi connectivity index (χ2n) is 4.36. The molecule has 0 aliphatic carbocycles. The molecule has 3 N–H and O–H groups in total. The molecule has 0 saturated carbocycles. The molecule has 0 bridgehead atoms. The van der Waals surface area contributed by atoms with Gasteiger partial charge in [0.25, 0.3) is 5.91 Å². The molecular weight excluding hydrogens is 283 g/mol. The zero-order chi connectivity index (χ0) is 15.6. The number of amides is 1. The van der Waals surface area contributed by atoms with E-state index >= 15 is 0 Å². The number of carbonyl (C=O) groups is 1. The highest BCUT2D eigenvalue weighted by atomic mass is 19.4. The molecule has 1 heterocycles. The van der Waals surface area contributed by atoms with Gasteiger partial charge in [-0.1, -0.05) is 6.07 Å². The van der Waals surface area contributed by atoms with E-state index in [4.69, 9.17) is 5.73 Å². The van der Waals surface area contributed by atoms with Gasteiger partial charge in [-0.15, -0.1) is 0 Å². The van der Waals surface area contributed by atoms with Crippen molar-refractivity contribution in [2.24, 2.45) is 5.73 Å². The lowest BCUT2D eigenvalue weighted by atomic mass is 10.1. The van der Waals surface area contributed by atoms with Crippen molar-refractivity contribution < 1.29 is 18.0 Å². The lowest BCUT2D eigenvalue weighted by Crippen LogP contribution is -2.15. The molecule has 1 aromatic carbocycles. The number of alkyl halides is 3. The normalized spacial score (nSPS) is 11.2. The Hall–Kier alpha value is -2.57. The Balaban J connectivity index is 2.44. The fourth-order valence-corrected chi connectivity index (χ4v) is 1.91. The number of benzene rings is 1. The maximum absolute atomic E-state index is 12.9. The van der Waals surface area contributed by atoms with Crippen LogP contribution in [0.15, 0.2) is 36.5 Å². The Labute approximate surface area is 118 Å². The summed E-state index contributed by atoms with van der Waals surface area (Å²) in [5.74, 6) is -0.595. The summed E-state index contributed by atoms with van der Waals surface area (Å²) < 4.78 is 38.6. The lowest BCUT2D eigenvalue weighted by molar-refractivity contribution is -0.138. The molecule has 2 rings (SSSR count). The third-order valence-corrected chi connectivity index (χ3v) is 2.97. The van der Waals surface area contributed by atoms with Gasteiger partial charge in [-0.25, -0.2) is 4.98 Å². The SMILES string of the molecule is Cc1c(Nc2ncccc2C(N)=O)cccc1C(F)(F)F. The van der Waals surface area contributed by atoms with Crippen LogP contribution < -0.4 is 11.1 Å². The third-order valence-electron chi connectivity index (χ3n) is 2.97. The number of hydrogen-bond acceptors (Lipinski definition) is 3. The van der Waals surface area contributed by atoms with E-state index in [1.54, 1.807) is 0 Å². The van der Waals surface area contributed by atoms with E-state index < -0.39 is 17.6 Å². The smallest absolute Gasteiger partial charge is 0.365 e. The van der Waals surface area contributed by atoms with Crippen molar-refractivity contribution in [3.63, 3.8) is 0 Å². The Morgan fingerprint density at radius 3 is 2.57 bits per heavy atom. The van der Waals surface area contributed by atoms with Crippen molar-refractivity contribution in [2.75, 3.05) is 5.32 Å². The number of nitrogens with two attached hydrogens (primary N) is 1. The number of carbonyl (C=O) groups excluding carboxylic acids is 1. The number of hydrogen-bond donors (Lipinski definition) is 2. The lowest BCUT2D eigenvalue weighted by Gasteiger charge is -2.15. The predicted molar refractivity (Wildman–Crippen MR) is 72.2 cm³/mol. The summed E-state index contributed by atoms with van der Waals surface area (Å²) in [6, 6.07) is 6.72. The molecule has 4 nitrogen and oxygen atoms in total. The van der Waals surface area contributed by atoms with Crippen LogP contribution in [0, 0.1) is 6.92 Å². The molecule has 7 heteroatoms. The van der Waals surface area contributed by atoms with Gasteiger partial charge in [0.2, 0.25) is 0 Å². The molecule has 21 heavy (non-hydrogen) atoms. The van der Waals surface area contributed by atoms with Gasteiger partial charge < -0.3 is 11.1 Å². The molecular formula is C14H12F3N3O. The van der Waals surface area contributed by atoms with Gasteiger partial charge in [0.1, 0.15) is 5.82 Å². The van der Waals surface area contributed by atoms with Gasteiger partial charge >= 0.3 is 6.18 Å². The third kappa shape index (κ3) is 3.13. The van der Waals surface area contributed by atoms with Gasteiger partial charge in [-0.2, -0.15) is 13.2 Å². The fourth-order valence-electron chi connectivity index (χ4n) is 1.91. The minimum Gasteiger partial charge on any atom is -0.365 e. The molecule has 0 aliphatic heterocycles. The largest absolute Gasteiger partial charge is 0.416 e. The molecule has 0 spiro atoms. The number of halogens is 3. The van der Waals surface area contributed by atoms with Crippen LogP contribution in [0.1, 0.15) is 21.5 Å². The molecule has 110 valence electrons. The number of rotatable bonds is 3. The molecule has 1 aromatic heterocycles. The van der Waals surface area contributed by atoms with E-state index in [-0.39, 0.29) is 22.6 Å². The fraction of sp³-hybridized carbons (Fsp3) is 0.143. The summed E-state index contributed by atoms with van der Waals surface area (Å²) in [6.07, 6.45) is -3.03. The average molecular weight is 295 g/mol. The molecule has 1 amide bonds. The summed E-state index contributed by atoms with van der Waals surface area (Å²) in [7, 11) is 0. The summed E-state index contributed by atoms with van der Waals surface area (Å²) in [5.41, 5.74) is 4.80. The zero-order valence-corrected chi connectivity index (χ0v) is 11.0. The van der Waals surface area contributed by atoms with Crippen molar-refractivity contribution in [1.29, 1.82) is 0 Å². The molecule has 0 fully saturated rings. The number of nitrogens with one attached hydrogen (secondary N) is 1. The Bertz CT molecular complexity index is 683. The van der Waals surface area contributed by atoms with Gasteiger partial charge in [0.05, 0.1) is 11.1 Å². The van der Waals surface area contributed by atoms with Crippen LogP contribution in [0.25, 0.3) is 0 Å². The molecule has 2 aromatic rings. The predicted octanol–water partition coefficient (Wildman–Crippen LogP) is 3.25. The van der Waals surface area contributed by atoms with Crippen LogP contribution in [-0.2, 0) is 6.18 Å². The van der Waals surface area contributed by atoms with Gasteiger partial charge in [0.15, 0.2) is 0 Å². The minimum atomic E-state index is -4.45. The van der Waals surface area contributed by atoms with Crippen LogP contribution in [0.5, 0.6) is 0 Å². The number of anilines is 2. The van der Waals surface area contributed by atoms with E-state index in [2.05, 4.69) is 10.3 Å². The Morgan fingerprint density at radius 1 is 1.24 bits per heavy atom. The van der Waals surface area contributed by atoms with Crippen LogP contribution in [0.3, 0.4) is 0 Å². The molecule has 0 aliphatic rings. The first-order valence-electron chi connectivity index (χ1n) is 5.99. The monoisotopic (exact) mass is 295 g/mol. The van der Waals surface area contributed by atoms with Crippen LogP contribution >= 0.6 is 0 Å². The van der Waals surface area contributed by atoms with Crippen molar-refractivity contribution >= 4 is 17.4 Å². The van der Waals surface area contributed by atoms with E-state index in [1.807, 2.05) is 0 Å². The number of primary amides is 1. The first-order valence-corrected chi connectivity index (χ1v) is 5.99. The van der Waals surface area contributed by atoms with Crippen molar-refractivity contribution in [3.05, 3.63) is 53.2 Å². The molecule has 0 saturated heterocycles. The Kier molecular flexibility index (Phi) is 3.84. The van der Waals surface area contributed by atoms with Gasteiger partial charge in [-0.3, -0.25) is 4.79 Å². The standard InChI is InChI=1S/C14H12F3N3O/c1-8-10(14(15,16)17)5-2-6-11(8)20-13-9(12(18)21)4-3-7-19-13/h2-7H,1H3,(H2,18,21)(H,19,20). The van der Waals surface area contributed by atoms with E-state index in [0.29, 0.717) is 0 Å². The van der Waals surface area contributed by atoms with Crippen molar-refractivity contribution in [3.8, 4) is 0 Å². The van der Waals surface area contributed by atoms with Crippen LogP contribution in [0.4, 0.5) is 24.7 Å². The van der Waals surface area contributed by atoms with Gasteiger partial charge in [-0.05, 0) is 36.8 Å². The first kappa shape index (κ1) is 14.8. The topological polar surface area (TPSA) is 68.0 Å². The zero-order valence-electron chi connectivity index (χ0n) is 11.0. The highest BCUT2D eigenvalue weighted by molar-refractivity contribution is 5.98. The van der Waals surface area contributed by atoms with Crippen LogP contribution in [-0.4, -0.2) is 10.9 Å². The quantitative estimate of drug-likeness (QED) is 0.913. The van der Waals surface area contributed by atoms with Crippen molar-refractivity contribution in [2.45, 2.75) is 13.1 Å². The maximum atomic E-state index is 12.9. The summed E-state index contributed by atoms with van der Waals surface area (Å²) in [6.45, 7) is 1.35. The van der Waals surface area contributed by atoms with E-state index in [9.17, 15) is 18.0 Å². The van der Waals surface area contributed by atoms with Crippen LogP contribution in [0.2, 0.25) is 0 Å². The Morgan fingerprint density at radius 2 is 1.95 bits per heavy atom. The molecule has 0 unspecified atom stereocenters.